The van der Waals surface area contributed by atoms with Crippen LogP contribution in [-0.4, -0.2) is 27.5 Å². The van der Waals surface area contributed by atoms with Gasteiger partial charge < -0.3 is 16.4 Å². The Morgan fingerprint density at radius 2 is 1.76 bits per heavy atom. The van der Waals surface area contributed by atoms with Gasteiger partial charge in [0, 0.05) is 17.0 Å². The van der Waals surface area contributed by atoms with E-state index in [-0.39, 0.29) is 16.9 Å². The zero-order valence-electron chi connectivity index (χ0n) is 14.0. The molecule has 1 aromatic rings. The molecule has 0 saturated carbocycles. The minimum atomic E-state index is -0.411. The summed E-state index contributed by atoms with van der Waals surface area (Å²) < 4.78 is 0. The highest BCUT2D eigenvalue weighted by Gasteiger charge is 2.22. The number of rotatable bonds is 3. The van der Waals surface area contributed by atoms with E-state index in [4.69, 9.17) is 5.73 Å². The predicted octanol–water partition coefficient (Wildman–Crippen LogP) is 2.07. The van der Waals surface area contributed by atoms with Gasteiger partial charge in [0.25, 0.3) is 0 Å². The Balaban J connectivity index is 2.88. The second-order valence-electron chi connectivity index (χ2n) is 7.36. The van der Waals surface area contributed by atoms with E-state index >= 15 is 0 Å². The lowest BCUT2D eigenvalue weighted by molar-refractivity contribution is -0.122. The summed E-state index contributed by atoms with van der Waals surface area (Å²) in [6, 6.07) is 1.22. The van der Waals surface area contributed by atoms with E-state index in [1.54, 1.807) is 13.0 Å². The van der Waals surface area contributed by atoms with E-state index in [9.17, 15) is 4.79 Å². The lowest BCUT2D eigenvalue weighted by atomic mass is 9.96. The van der Waals surface area contributed by atoms with Crippen molar-refractivity contribution in [1.29, 1.82) is 0 Å². The van der Waals surface area contributed by atoms with Crippen molar-refractivity contribution >= 4 is 17.5 Å². The number of amides is 1. The van der Waals surface area contributed by atoms with E-state index in [1.165, 1.54) is 0 Å². The molecule has 0 aromatic carbocycles. The van der Waals surface area contributed by atoms with Crippen LogP contribution in [0.3, 0.4) is 0 Å². The van der Waals surface area contributed by atoms with Crippen LogP contribution in [-0.2, 0) is 10.2 Å². The van der Waals surface area contributed by atoms with Gasteiger partial charge in [0.2, 0.25) is 5.91 Å². The molecule has 0 bridgehead atoms. The van der Waals surface area contributed by atoms with Crippen molar-refractivity contribution in [1.82, 2.24) is 15.3 Å². The Morgan fingerprint density at radius 3 is 2.24 bits per heavy atom. The summed E-state index contributed by atoms with van der Waals surface area (Å²) >= 11 is 0. The number of nitrogens with zero attached hydrogens (tertiary/aromatic N) is 2. The molecule has 4 N–H and O–H groups in total. The average Bonchev–Trinajstić information content (AvgIpc) is 2.24. The molecule has 0 radical (unpaired) electrons. The number of hydrogen-bond acceptors (Lipinski definition) is 5. The normalized spacial score (nSPS) is 13.7. The number of anilines is 2. The average molecular weight is 293 g/mol. The van der Waals surface area contributed by atoms with Gasteiger partial charge in [-0.2, -0.15) is 0 Å². The molecule has 6 heteroatoms. The molecule has 0 fully saturated rings. The highest BCUT2D eigenvalue weighted by molar-refractivity contribution is 5.84. The third kappa shape index (κ3) is 5.57. The molecule has 1 aromatic heterocycles. The first-order valence-corrected chi connectivity index (χ1v) is 7.12. The monoisotopic (exact) mass is 293 g/mol. The molecule has 1 heterocycles. The number of carbonyl (C=O) groups is 1. The van der Waals surface area contributed by atoms with Gasteiger partial charge in [0.15, 0.2) is 0 Å². The predicted molar refractivity (Wildman–Crippen MR) is 86.1 cm³/mol. The van der Waals surface area contributed by atoms with Crippen LogP contribution in [0.2, 0.25) is 0 Å². The fourth-order valence-corrected chi connectivity index (χ4v) is 1.64. The summed E-state index contributed by atoms with van der Waals surface area (Å²) in [6.07, 6.45) is 0. The summed E-state index contributed by atoms with van der Waals surface area (Å²) in [5.74, 6) is 1.51. The summed E-state index contributed by atoms with van der Waals surface area (Å²) in [5.41, 5.74) is 5.34. The van der Waals surface area contributed by atoms with Crippen LogP contribution < -0.4 is 16.4 Å². The molecule has 118 valence electrons. The quantitative estimate of drug-likeness (QED) is 0.793. The molecular weight excluding hydrogens is 266 g/mol. The molecule has 21 heavy (non-hydrogen) atoms. The molecule has 0 aliphatic heterocycles. The topological polar surface area (TPSA) is 92.9 Å². The fraction of sp³-hybridized carbons (Fsp3) is 0.667. The van der Waals surface area contributed by atoms with Crippen LogP contribution in [0, 0.1) is 0 Å². The molecule has 0 saturated heterocycles. The first kappa shape index (κ1) is 17.2. The third-order valence-electron chi connectivity index (χ3n) is 2.67. The van der Waals surface area contributed by atoms with Crippen molar-refractivity contribution in [3.63, 3.8) is 0 Å². The number of nitrogens with two attached hydrogens (primary N) is 1. The van der Waals surface area contributed by atoms with Gasteiger partial charge >= 0.3 is 0 Å². The number of hydrogen-bond donors (Lipinski definition) is 3. The minimum absolute atomic E-state index is 0.0861. The Kier molecular flexibility index (Phi) is 4.81. The molecular formula is C15H27N5O. The lowest BCUT2D eigenvalue weighted by Crippen LogP contribution is -2.47. The van der Waals surface area contributed by atoms with E-state index in [1.807, 2.05) is 41.5 Å². The van der Waals surface area contributed by atoms with Gasteiger partial charge in [-0.15, -0.1) is 0 Å². The minimum Gasteiger partial charge on any atom is -0.384 e. The summed E-state index contributed by atoms with van der Waals surface area (Å²) in [4.78, 5) is 20.8. The van der Waals surface area contributed by atoms with Gasteiger partial charge in [-0.25, -0.2) is 9.97 Å². The second kappa shape index (κ2) is 5.87. The largest absolute Gasteiger partial charge is 0.384 e. The summed E-state index contributed by atoms with van der Waals surface area (Å²) in [7, 11) is 0. The van der Waals surface area contributed by atoms with E-state index < -0.39 is 6.04 Å². The zero-order chi connectivity index (χ0) is 16.4. The molecule has 0 aliphatic carbocycles. The Morgan fingerprint density at radius 1 is 1.19 bits per heavy atom. The van der Waals surface area contributed by atoms with Gasteiger partial charge in [0.05, 0.1) is 0 Å². The standard InChI is InChI=1S/C15H27N5O/c1-9(12(21)20-15(5,6)7)17-11-8-10(16)18-13(19-11)14(2,3)4/h8-9H,1-7H3,(H,20,21)(H3,16,17,18,19). The second-order valence-corrected chi connectivity index (χ2v) is 7.36. The van der Waals surface area contributed by atoms with Gasteiger partial charge in [-0.3, -0.25) is 4.79 Å². The summed E-state index contributed by atoms with van der Waals surface area (Å²) in [5, 5.41) is 6.00. The molecule has 6 nitrogen and oxygen atoms in total. The number of carbonyl (C=O) groups excluding carboxylic acids is 1. The van der Waals surface area contributed by atoms with E-state index in [2.05, 4.69) is 20.6 Å². The van der Waals surface area contributed by atoms with E-state index in [0.29, 0.717) is 17.5 Å². The summed E-state index contributed by atoms with van der Waals surface area (Å²) in [6.45, 7) is 13.7. The highest BCUT2D eigenvalue weighted by Crippen LogP contribution is 2.21. The SMILES string of the molecule is CC(Nc1cc(N)nc(C(C)(C)C)n1)C(=O)NC(C)(C)C. The molecule has 0 spiro atoms. The van der Waals surface area contributed by atoms with Crippen LogP contribution in [0.15, 0.2) is 6.07 Å². The molecule has 1 rings (SSSR count). The number of aromatic nitrogens is 2. The molecule has 1 amide bonds. The van der Waals surface area contributed by atoms with Crippen molar-refractivity contribution in [2.45, 2.75) is 65.5 Å². The van der Waals surface area contributed by atoms with E-state index in [0.717, 1.165) is 0 Å². The molecule has 1 atom stereocenters. The van der Waals surface area contributed by atoms with Crippen molar-refractivity contribution < 1.29 is 4.79 Å². The fourth-order valence-electron chi connectivity index (χ4n) is 1.64. The Bertz CT molecular complexity index is 514. The van der Waals surface area contributed by atoms with Crippen molar-refractivity contribution in [3.05, 3.63) is 11.9 Å². The molecule has 1 unspecified atom stereocenters. The van der Waals surface area contributed by atoms with Gasteiger partial charge in [-0.05, 0) is 27.7 Å². The van der Waals surface area contributed by atoms with Crippen molar-refractivity contribution in [3.8, 4) is 0 Å². The maximum atomic E-state index is 12.1. The van der Waals surface area contributed by atoms with Crippen molar-refractivity contribution in [2.75, 3.05) is 11.1 Å². The third-order valence-corrected chi connectivity index (χ3v) is 2.67. The maximum Gasteiger partial charge on any atom is 0.242 e. The molecule has 0 aliphatic rings. The van der Waals surface area contributed by atoms with Crippen molar-refractivity contribution in [2.24, 2.45) is 0 Å². The zero-order valence-corrected chi connectivity index (χ0v) is 14.0. The van der Waals surface area contributed by atoms with Crippen LogP contribution >= 0.6 is 0 Å². The smallest absolute Gasteiger partial charge is 0.242 e. The highest BCUT2D eigenvalue weighted by atomic mass is 16.2. The Labute approximate surface area is 126 Å². The first-order valence-electron chi connectivity index (χ1n) is 7.12. The number of nitrogen functional groups attached to an aromatic ring is 1. The number of nitrogens with one attached hydrogen (secondary N) is 2. The Hall–Kier alpha value is -1.85. The van der Waals surface area contributed by atoms with Crippen LogP contribution in [0.1, 0.15) is 54.3 Å². The van der Waals surface area contributed by atoms with Crippen LogP contribution in [0.4, 0.5) is 11.6 Å². The van der Waals surface area contributed by atoms with Gasteiger partial charge in [0.1, 0.15) is 23.5 Å². The van der Waals surface area contributed by atoms with Crippen LogP contribution in [0.5, 0.6) is 0 Å². The van der Waals surface area contributed by atoms with Crippen LogP contribution in [0.25, 0.3) is 0 Å². The lowest BCUT2D eigenvalue weighted by Gasteiger charge is -2.24. The van der Waals surface area contributed by atoms with Gasteiger partial charge in [-0.1, -0.05) is 20.8 Å². The first-order chi connectivity index (χ1) is 9.38. The maximum absolute atomic E-state index is 12.1.